The second kappa shape index (κ2) is 5.97. The van der Waals surface area contributed by atoms with Gasteiger partial charge >= 0.3 is 11.9 Å². The molecule has 0 heterocycles. The zero-order valence-corrected chi connectivity index (χ0v) is 13.1. The standard InChI is InChI=1S/C15H15BrO5/c1-2-21-13(18)7-12(17)11-8-15(11,14(19)20)9-4-3-5-10(16)6-9/h3-6,11H,2,7-8H2,1H3,(H,19,20)/t11-,15+/m0/s1. The lowest BCUT2D eigenvalue weighted by Crippen LogP contribution is -2.26. The normalized spacial score (nSPS) is 23.4. The molecular formula is C15H15BrO5. The predicted octanol–water partition coefficient (Wildman–Crippen LogP) is 2.31. The van der Waals surface area contributed by atoms with Crippen molar-refractivity contribution in [3.63, 3.8) is 0 Å². The van der Waals surface area contributed by atoms with Crippen LogP contribution in [0.4, 0.5) is 0 Å². The zero-order valence-electron chi connectivity index (χ0n) is 11.5. The highest BCUT2D eigenvalue weighted by Crippen LogP contribution is 2.55. The molecular weight excluding hydrogens is 340 g/mol. The number of carboxylic acid groups (broad SMARTS) is 1. The summed E-state index contributed by atoms with van der Waals surface area (Å²) < 4.78 is 5.48. The number of carbonyl (C=O) groups excluding carboxylic acids is 2. The van der Waals surface area contributed by atoms with E-state index in [9.17, 15) is 19.5 Å². The summed E-state index contributed by atoms with van der Waals surface area (Å²) in [6, 6.07) is 6.91. The second-order valence-corrected chi connectivity index (χ2v) is 5.91. The maximum absolute atomic E-state index is 12.1. The Kier molecular flexibility index (Phi) is 4.46. The van der Waals surface area contributed by atoms with Crippen LogP contribution < -0.4 is 0 Å². The molecule has 6 heteroatoms. The molecule has 21 heavy (non-hydrogen) atoms. The molecule has 0 radical (unpaired) electrons. The molecule has 1 saturated carbocycles. The van der Waals surface area contributed by atoms with Crippen LogP contribution in [0.5, 0.6) is 0 Å². The van der Waals surface area contributed by atoms with Gasteiger partial charge in [0.2, 0.25) is 0 Å². The van der Waals surface area contributed by atoms with Crippen molar-refractivity contribution in [1.29, 1.82) is 0 Å². The van der Waals surface area contributed by atoms with Gasteiger partial charge in [0.15, 0.2) is 0 Å². The minimum absolute atomic E-state index is 0.201. The Morgan fingerprint density at radius 3 is 2.71 bits per heavy atom. The molecule has 0 aliphatic heterocycles. The fourth-order valence-electron chi connectivity index (χ4n) is 2.57. The van der Waals surface area contributed by atoms with Crippen LogP contribution in [-0.4, -0.2) is 29.4 Å². The lowest BCUT2D eigenvalue weighted by molar-refractivity contribution is -0.147. The van der Waals surface area contributed by atoms with E-state index in [1.165, 1.54) is 0 Å². The number of rotatable bonds is 6. The summed E-state index contributed by atoms with van der Waals surface area (Å²) in [5, 5.41) is 9.52. The quantitative estimate of drug-likeness (QED) is 0.626. The van der Waals surface area contributed by atoms with Crippen LogP contribution in [0.15, 0.2) is 28.7 Å². The van der Waals surface area contributed by atoms with E-state index in [4.69, 9.17) is 4.74 Å². The van der Waals surface area contributed by atoms with Crippen molar-refractivity contribution in [2.75, 3.05) is 6.61 Å². The van der Waals surface area contributed by atoms with Crippen LogP contribution in [0, 0.1) is 5.92 Å². The first-order chi connectivity index (χ1) is 9.91. The third-order valence-corrected chi connectivity index (χ3v) is 4.19. The molecule has 112 valence electrons. The molecule has 5 nitrogen and oxygen atoms in total. The van der Waals surface area contributed by atoms with Gasteiger partial charge in [0.05, 0.1) is 6.61 Å². The molecule has 0 amide bonds. The number of Topliss-reactive ketones (excluding diaryl/α,β-unsaturated/α-hetero) is 1. The van der Waals surface area contributed by atoms with Gasteiger partial charge < -0.3 is 9.84 Å². The number of ether oxygens (including phenoxy) is 1. The summed E-state index contributed by atoms with van der Waals surface area (Å²) in [6.45, 7) is 1.86. The van der Waals surface area contributed by atoms with Crippen molar-refractivity contribution in [3.05, 3.63) is 34.3 Å². The Balaban J connectivity index is 2.19. The molecule has 0 unspecified atom stereocenters. The topological polar surface area (TPSA) is 80.7 Å². The van der Waals surface area contributed by atoms with Gasteiger partial charge in [-0.1, -0.05) is 28.1 Å². The van der Waals surface area contributed by atoms with Crippen LogP contribution in [-0.2, 0) is 24.5 Å². The second-order valence-electron chi connectivity index (χ2n) is 4.99. The maximum Gasteiger partial charge on any atom is 0.314 e. The Hall–Kier alpha value is -1.69. The van der Waals surface area contributed by atoms with Gasteiger partial charge in [0.25, 0.3) is 0 Å². The van der Waals surface area contributed by atoms with Crippen molar-refractivity contribution in [1.82, 2.24) is 0 Å². The highest BCUT2D eigenvalue weighted by molar-refractivity contribution is 9.10. The summed E-state index contributed by atoms with van der Waals surface area (Å²) >= 11 is 3.30. The number of carbonyl (C=O) groups is 3. The lowest BCUT2D eigenvalue weighted by atomic mass is 9.91. The molecule has 0 bridgehead atoms. The van der Waals surface area contributed by atoms with Crippen LogP contribution in [0.1, 0.15) is 25.3 Å². The SMILES string of the molecule is CCOC(=O)CC(=O)[C@@H]1C[C@@]1(C(=O)O)c1cccc(Br)c1. The molecule has 1 aliphatic carbocycles. The molecule has 1 fully saturated rings. The first-order valence-corrected chi connectivity index (χ1v) is 7.39. The fourth-order valence-corrected chi connectivity index (χ4v) is 2.97. The van der Waals surface area contributed by atoms with Gasteiger partial charge in [0.1, 0.15) is 17.6 Å². The smallest absolute Gasteiger partial charge is 0.314 e. The third kappa shape index (κ3) is 3.00. The van der Waals surface area contributed by atoms with E-state index in [0.717, 1.165) is 4.47 Å². The first kappa shape index (κ1) is 15.7. The monoisotopic (exact) mass is 354 g/mol. The largest absolute Gasteiger partial charge is 0.481 e. The molecule has 1 N–H and O–H groups in total. The fraction of sp³-hybridized carbons (Fsp3) is 0.400. The molecule has 1 aromatic carbocycles. The van der Waals surface area contributed by atoms with Crippen LogP contribution in [0.3, 0.4) is 0 Å². The van der Waals surface area contributed by atoms with E-state index in [1.807, 2.05) is 0 Å². The van der Waals surface area contributed by atoms with Crippen LogP contribution in [0.2, 0.25) is 0 Å². The number of hydrogen-bond donors (Lipinski definition) is 1. The van der Waals surface area contributed by atoms with Gasteiger partial charge in [-0.3, -0.25) is 14.4 Å². The molecule has 0 spiro atoms. The van der Waals surface area contributed by atoms with E-state index in [1.54, 1.807) is 31.2 Å². The summed E-state index contributed by atoms with van der Waals surface area (Å²) in [7, 11) is 0. The van der Waals surface area contributed by atoms with Crippen molar-refractivity contribution in [2.24, 2.45) is 5.92 Å². The minimum Gasteiger partial charge on any atom is -0.481 e. The molecule has 1 aliphatic rings. The van der Waals surface area contributed by atoms with E-state index < -0.39 is 23.3 Å². The van der Waals surface area contributed by atoms with E-state index >= 15 is 0 Å². The summed E-state index contributed by atoms with van der Waals surface area (Å²) in [6.07, 6.45) is -0.154. The average molecular weight is 355 g/mol. The number of ketones is 1. The van der Waals surface area contributed by atoms with E-state index in [2.05, 4.69) is 15.9 Å². The van der Waals surface area contributed by atoms with Crippen molar-refractivity contribution in [3.8, 4) is 0 Å². The highest BCUT2D eigenvalue weighted by Gasteiger charge is 2.64. The van der Waals surface area contributed by atoms with Gasteiger partial charge in [-0.15, -0.1) is 0 Å². The van der Waals surface area contributed by atoms with E-state index in [0.29, 0.717) is 5.56 Å². The number of aliphatic carboxylic acids is 1. The Labute approximate surface area is 130 Å². The number of esters is 1. The summed E-state index contributed by atoms with van der Waals surface area (Å²) in [4.78, 5) is 35.1. The highest BCUT2D eigenvalue weighted by atomic mass is 79.9. The zero-order chi connectivity index (χ0) is 15.6. The summed E-state index contributed by atoms with van der Waals surface area (Å²) in [5.41, 5.74) is -0.639. The Bertz CT molecular complexity index is 597. The van der Waals surface area contributed by atoms with Gasteiger partial charge in [0, 0.05) is 10.4 Å². The Morgan fingerprint density at radius 2 is 2.14 bits per heavy atom. The summed E-state index contributed by atoms with van der Waals surface area (Å²) in [5.74, 6) is -2.70. The van der Waals surface area contributed by atoms with Gasteiger partial charge in [-0.05, 0) is 31.0 Å². The lowest BCUT2D eigenvalue weighted by Gasteiger charge is -2.13. The van der Waals surface area contributed by atoms with Crippen molar-refractivity contribution < 1.29 is 24.2 Å². The minimum atomic E-state index is -1.21. The third-order valence-electron chi connectivity index (χ3n) is 3.69. The molecule has 1 aromatic rings. The van der Waals surface area contributed by atoms with E-state index in [-0.39, 0.29) is 25.2 Å². The average Bonchev–Trinajstić information content (AvgIpc) is 3.15. The number of benzene rings is 1. The molecule has 2 rings (SSSR count). The van der Waals surface area contributed by atoms with Crippen LogP contribution >= 0.6 is 15.9 Å². The predicted molar refractivity (Wildman–Crippen MR) is 77.8 cm³/mol. The maximum atomic E-state index is 12.1. The van der Waals surface area contributed by atoms with Gasteiger partial charge in [-0.2, -0.15) is 0 Å². The van der Waals surface area contributed by atoms with Crippen LogP contribution in [0.25, 0.3) is 0 Å². The van der Waals surface area contributed by atoms with Gasteiger partial charge in [-0.25, -0.2) is 0 Å². The first-order valence-electron chi connectivity index (χ1n) is 6.59. The van der Waals surface area contributed by atoms with Crippen molar-refractivity contribution >= 4 is 33.7 Å². The van der Waals surface area contributed by atoms with Crippen molar-refractivity contribution in [2.45, 2.75) is 25.2 Å². The molecule has 0 aromatic heterocycles. The molecule has 0 saturated heterocycles. The molecule has 2 atom stereocenters. The number of halogens is 1. The number of carboxylic acids is 1. The number of hydrogen-bond acceptors (Lipinski definition) is 4. The Morgan fingerprint density at radius 1 is 1.43 bits per heavy atom.